The molecule has 0 bridgehead atoms. The molecule has 0 unspecified atom stereocenters. The third-order valence-corrected chi connectivity index (χ3v) is 5.38. The van der Waals surface area contributed by atoms with Crippen molar-refractivity contribution in [3.8, 4) is 0 Å². The highest BCUT2D eigenvalue weighted by molar-refractivity contribution is 8.00. The van der Waals surface area contributed by atoms with Crippen molar-refractivity contribution in [2.45, 2.75) is 36.9 Å². The van der Waals surface area contributed by atoms with Crippen molar-refractivity contribution >= 4 is 47.2 Å². The largest absolute Gasteiger partial charge is 0.272 e. The maximum absolute atomic E-state index is 11.9. The number of thioether (sulfide) groups is 2. The number of benzene rings is 1. The molecule has 0 radical (unpaired) electrons. The number of nitrogens with one attached hydrogen (secondary N) is 1. The van der Waals surface area contributed by atoms with Crippen LogP contribution in [0.2, 0.25) is 5.02 Å². The Balaban J connectivity index is 1.84. The molecule has 0 fully saturated rings. The lowest BCUT2D eigenvalue weighted by Gasteiger charge is -2.05. The molecule has 0 atom stereocenters. The van der Waals surface area contributed by atoms with Crippen LogP contribution in [0.15, 0.2) is 45.6 Å². The Labute approximate surface area is 167 Å². The second-order valence-electron chi connectivity index (χ2n) is 5.44. The van der Waals surface area contributed by atoms with Gasteiger partial charge in [0.1, 0.15) is 5.03 Å². The first-order chi connectivity index (χ1) is 12.6. The first-order valence-corrected chi connectivity index (χ1v) is 10.6. The average molecular weight is 409 g/mol. The maximum Gasteiger partial charge on any atom is 0.250 e. The highest BCUT2D eigenvalue weighted by atomic mass is 35.5. The topological polar surface area (TPSA) is 67.2 Å². The monoisotopic (exact) mass is 408 g/mol. The van der Waals surface area contributed by atoms with Crippen LogP contribution in [0.4, 0.5) is 0 Å². The van der Waals surface area contributed by atoms with Crippen LogP contribution in [0.1, 0.15) is 31.0 Å². The van der Waals surface area contributed by atoms with Gasteiger partial charge >= 0.3 is 0 Å². The Kier molecular flexibility index (Phi) is 8.94. The molecule has 0 saturated heterocycles. The average Bonchev–Trinajstić information content (AvgIpc) is 2.61. The Morgan fingerprint density at radius 2 is 2.12 bits per heavy atom. The number of hydrogen-bond acceptors (Lipinski definition) is 6. The van der Waals surface area contributed by atoms with Gasteiger partial charge in [0.05, 0.1) is 12.0 Å². The molecule has 8 heteroatoms. The highest BCUT2D eigenvalue weighted by Crippen LogP contribution is 2.21. The minimum atomic E-state index is -0.199. The van der Waals surface area contributed by atoms with E-state index in [0.717, 1.165) is 40.0 Å². The van der Waals surface area contributed by atoms with Crippen LogP contribution in [0.3, 0.4) is 0 Å². The van der Waals surface area contributed by atoms with Gasteiger partial charge in [-0.15, -0.1) is 0 Å². The first kappa shape index (κ1) is 20.7. The van der Waals surface area contributed by atoms with Crippen molar-refractivity contribution in [3.05, 3.63) is 46.6 Å². The van der Waals surface area contributed by atoms with E-state index in [-0.39, 0.29) is 11.7 Å². The van der Waals surface area contributed by atoms with Crippen molar-refractivity contribution in [2.75, 3.05) is 11.5 Å². The van der Waals surface area contributed by atoms with Crippen LogP contribution in [0.25, 0.3) is 0 Å². The number of carbonyl (C=O) groups excluding carboxylic acids is 1. The van der Waals surface area contributed by atoms with E-state index >= 15 is 0 Å². The zero-order chi connectivity index (χ0) is 18.8. The summed E-state index contributed by atoms with van der Waals surface area (Å²) in [5.41, 5.74) is 4.16. The fourth-order valence-corrected chi connectivity index (χ4v) is 3.86. The molecule has 1 aromatic carbocycles. The molecule has 2 aromatic rings. The molecule has 0 saturated carbocycles. The Bertz CT molecular complexity index is 771. The van der Waals surface area contributed by atoms with E-state index in [4.69, 9.17) is 11.6 Å². The van der Waals surface area contributed by atoms with Gasteiger partial charge in [0.25, 0.3) is 0 Å². The van der Waals surface area contributed by atoms with Gasteiger partial charge in [-0.3, -0.25) is 4.79 Å². The molecule has 1 heterocycles. The predicted molar refractivity (Wildman–Crippen MR) is 110 cm³/mol. The summed E-state index contributed by atoms with van der Waals surface area (Å²) in [6, 6.07) is 9.18. The molecule has 0 spiro atoms. The van der Waals surface area contributed by atoms with Crippen LogP contribution in [0.5, 0.6) is 0 Å². The van der Waals surface area contributed by atoms with E-state index in [0.29, 0.717) is 5.02 Å². The molecule has 2 rings (SSSR count). The van der Waals surface area contributed by atoms with Gasteiger partial charge in [0, 0.05) is 22.0 Å². The second kappa shape index (κ2) is 11.2. The van der Waals surface area contributed by atoms with E-state index in [1.165, 1.54) is 18.0 Å². The first-order valence-electron chi connectivity index (χ1n) is 8.26. The Hall–Kier alpha value is -1.57. The number of amides is 1. The van der Waals surface area contributed by atoms with Crippen LogP contribution < -0.4 is 5.43 Å². The van der Waals surface area contributed by atoms with Crippen LogP contribution >= 0.6 is 35.1 Å². The zero-order valence-electron chi connectivity index (χ0n) is 14.7. The second-order valence-corrected chi connectivity index (χ2v) is 7.90. The van der Waals surface area contributed by atoms with Gasteiger partial charge in [-0.2, -0.15) is 5.10 Å². The predicted octanol–water partition coefficient (Wildman–Crippen LogP) is 4.57. The molecule has 26 heavy (non-hydrogen) atoms. The molecule has 1 amide bonds. The third kappa shape index (κ3) is 7.35. The number of hydrogen-bond donors (Lipinski definition) is 1. The number of rotatable bonds is 9. The summed E-state index contributed by atoms with van der Waals surface area (Å²) >= 11 is 9.05. The molecule has 5 nitrogen and oxygen atoms in total. The summed E-state index contributed by atoms with van der Waals surface area (Å²) in [4.78, 5) is 20.9. The van der Waals surface area contributed by atoms with Crippen LogP contribution in [0, 0.1) is 6.92 Å². The minimum absolute atomic E-state index is 0.199. The maximum atomic E-state index is 11.9. The summed E-state index contributed by atoms with van der Waals surface area (Å²) in [5, 5.41) is 6.08. The Morgan fingerprint density at radius 3 is 2.88 bits per heavy atom. The molecule has 1 N–H and O–H groups in total. The molecule has 0 aliphatic heterocycles. The number of aryl methyl sites for hydroxylation is 1. The SMILES string of the molecule is CCCCSc1nc(C)cc(SCC(=O)N/N=C/c2ccccc2Cl)n1. The standard InChI is InChI=1S/C18H21ClN4OS2/c1-3-4-9-25-18-21-13(2)10-17(22-18)26-12-16(24)23-20-11-14-7-5-6-8-15(14)19/h5-8,10-11H,3-4,9,12H2,1-2H3,(H,23,24)/b20-11+. The minimum Gasteiger partial charge on any atom is -0.272 e. The molecule has 0 aliphatic carbocycles. The fraction of sp³-hybridized carbons (Fsp3) is 0.333. The molecule has 138 valence electrons. The summed E-state index contributed by atoms with van der Waals surface area (Å²) in [6.07, 6.45) is 3.81. The lowest BCUT2D eigenvalue weighted by Crippen LogP contribution is -2.19. The number of nitrogens with zero attached hydrogens (tertiary/aromatic N) is 3. The lowest BCUT2D eigenvalue weighted by molar-refractivity contribution is -0.118. The number of unbranched alkanes of at least 4 members (excludes halogenated alkanes) is 1. The van der Waals surface area contributed by atoms with Crippen molar-refractivity contribution in [2.24, 2.45) is 5.10 Å². The smallest absolute Gasteiger partial charge is 0.250 e. The summed E-state index contributed by atoms with van der Waals surface area (Å²) in [6.45, 7) is 4.09. The van der Waals surface area contributed by atoms with E-state index in [2.05, 4.69) is 27.4 Å². The van der Waals surface area contributed by atoms with Gasteiger partial charge < -0.3 is 0 Å². The van der Waals surface area contributed by atoms with Crippen LogP contribution in [-0.4, -0.2) is 33.6 Å². The highest BCUT2D eigenvalue weighted by Gasteiger charge is 2.07. The van der Waals surface area contributed by atoms with E-state index < -0.39 is 0 Å². The van der Waals surface area contributed by atoms with Crippen molar-refractivity contribution in [3.63, 3.8) is 0 Å². The van der Waals surface area contributed by atoms with E-state index in [9.17, 15) is 4.79 Å². The van der Waals surface area contributed by atoms with Gasteiger partial charge in [0.2, 0.25) is 5.91 Å². The molecule has 0 aliphatic rings. The number of carbonyl (C=O) groups is 1. The fourth-order valence-electron chi connectivity index (χ4n) is 1.89. The number of hydrazone groups is 1. The van der Waals surface area contributed by atoms with Gasteiger partial charge in [-0.05, 0) is 25.5 Å². The van der Waals surface area contributed by atoms with Crippen molar-refractivity contribution < 1.29 is 4.79 Å². The van der Waals surface area contributed by atoms with E-state index in [1.54, 1.807) is 17.8 Å². The summed E-state index contributed by atoms with van der Waals surface area (Å²) in [7, 11) is 0. The Morgan fingerprint density at radius 1 is 1.31 bits per heavy atom. The molecular formula is C18H21ClN4OS2. The van der Waals surface area contributed by atoms with Gasteiger partial charge in [-0.25, -0.2) is 15.4 Å². The lowest BCUT2D eigenvalue weighted by atomic mass is 10.2. The van der Waals surface area contributed by atoms with E-state index in [1.807, 2.05) is 31.2 Å². The van der Waals surface area contributed by atoms with Gasteiger partial charge in [0.15, 0.2) is 5.16 Å². The molecule has 1 aromatic heterocycles. The normalized spacial score (nSPS) is 11.0. The third-order valence-electron chi connectivity index (χ3n) is 3.19. The van der Waals surface area contributed by atoms with Crippen LogP contribution in [-0.2, 0) is 4.79 Å². The zero-order valence-corrected chi connectivity index (χ0v) is 17.1. The number of aromatic nitrogens is 2. The quantitative estimate of drug-likeness (QED) is 0.164. The molecular weight excluding hydrogens is 388 g/mol. The number of halogens is 1. The van der Waals surface area contributed by atoms with Crippen molar-refractivity contribution in [1.29, 1.82) is 0 Å². The van der Waals surface area contributed by atoms with Gasteiger partial charge in [-0.1, -0.05) is 66.7 Å². The summed E-state index contributed by atoms with van der Waals surface area (Å²) < 4.78 is 0. The summed E-state index contributed by atoms with van der Waals surface area (Å²) in [5.74, 6) is 1.03. The van der Waals surface area contributed by atoms with Crippen molar-refractivity contribution in [1.82, 2.24) is 15.4 Å².